The second kappa shape index (κ2) is 3.74. The van der Waals surface area contributed by atoms with Gasteiger partial charge in [0, 0.05) is 23.1 Å². The van der Waals surface area contributed by atoms with Crippen LogP contribution in [-0.2, 0) is 0 Å². The van der Waals surface area contributed by atoms with Crippen molar-refractivity contribution >= 4 is 21.7 Å². The average Bonchev–Trinajstić information content (AvgIpc) is 2.53. The molecule has 0 amide bonds. The van der Waals surface area contributed by atoms with E-state index in [0.717, 1.165) is 5.82 Å². The Morgan fingerprint density at radius 1 is 1.27 bits per heavy atom. The zero-order valence-corrected chi connectivity index (χ0v) is 10.1. The molecule has 0 saturated carbocycles. The summed E-state index contributed by atoms with van der Waals surface area (Å²) in [6, 6.07) is 5.39. The van der Waals surface area contributed by atoms with Crippen LogP contribution in [0.3, 0.4) is 0 Å². The summed E-state index contributed by atoms with van der Waals surface area (Å²) in [5, 5.41) is 8.20. The van der Waals surface area contributed by atoms with Crippen LogP contribution in [0.1, 0.15) is 25.7 Å². The largest absolute Gasteiger partial charge is 0.349 e. The fourth-order valence-corrected chi connectivity index (χ4v) is 3.78. The highest BCUT2D eigenvalue weighted by Crippen LogP contribution is 2.40. The molecule has 1 aromatic heterocycles. The Morgan fingerprint density at radius 2 is 2.00 bits per heavy atom. The van der Waals surface area contributed by atoms with Crippen molar-refractivity contribution in [2.24, 2.45) is 0 Å². The van der Waals surface area contributed by atoms with Crippen molar-refractivity contribution in [1.29, 1.82) is 0 Å². The molecule has 80 valence electrons. The van der Waals surface area contributed by atoms with E-state index in [1.165, 1.54) is 25.7 Å². The fourth-order valence-electron chi connectivity index (χ4n) is 2.92. The Labute approximate surface area is 98.0 Å². The van der Waals surface area contributed by atoms with E-state index in [9.17, 15) is 0 Å². The van der Waals surface area contributed by atoms with Gasteiger partial charge in [-0.05, 0) is 37.8 Å². The summed E-state index contributed by atoms with van der Waals surface area (Å²) in [6.45, 7) is 0. The fraction of sp³-hybridized carbons (Fsp3) is 0.636. The molecule has 4 heteroatoms. The maximum absolute atomic E-state index is 4.23. The first-order valence-electron chi connectivity index (χ1n) is 5.54. The molecule has 2 unspecified atom stereocenters. The maximum atomic E-state index is 4.23. The summed E-state index contributed by atoms with van der Waals surface area (Å²) >= 11 is 3.75. The molecule has 2 aliphatic heterocycles. The molecule has 2 aliphatic rings. The number of anilines is 1. The van der Waals surface area contributed by atoms with Gasteiger partial charge in [-0.15, -0.1) is 5.10 Å². The van der Waals surface area contributed by atoms with E-state index in [1.807, 2.05) is 6.07 Å². The van der Waals surface area contributed by atoms with E-state index in [-0.39, 0.29) is 0 Å². The van der Waals surface area contributed by atoms with Crippen molar-refractivity contribution < 1.29 is 0 Å². The first kappa shape index (κ1) is 9.58. The molecular formula is C11H14BrN3. The number of fused-ring (bicyclic) bond motifs is 2. The molecule has 0 spiro atoms. The van der Waals surface area contributed by atoms with Crippen molar-refractivity contribution in [1.82, 2.24) is 10.2 Å². The van der Waals surface area contributed by atoms with Gasteiger partial charge in [0.15, 0.2) is 5.82 Å². The van der Waals surface area contributed by atoms with E-state index in [0.29, 0.717) is 16.9 Å². The first-order valence-corrected chi connectivity index (χ1v) is 6.46. The van der Waals surface area contributed by atoms with Crippen LogP contribution in [0.2, 0.25) is 0 Å². The number of halogens is 1. The van der Waals surface area contributed by atoms with Crippen molar-refractivity contribution in [3.8, 4) is 0 Å². The van der Waals surface area contributed by atoms with Crippen LogP contribution in [0.5, 0.6) is 0 Å². The average molecular weight is 268 g/mol. The van der Waals surface area contributed by atoms with Crippen molar-refractivity contribution in [3.63, 3.8) is 0 Å². The van der Waals surface area contributed by atoms with Gasteiger partial charge in [-0.2, -0.15) is 5.10 Å². The predicted octanol–water partition coefficient (Wildman–Crippen LogP) is 2.37. The van der Waals surface area contributed by atoms with Crippen LogP contribution in [0, 0.1) is 0 Å². The third kappa shape index (κ3) is 1.65. The molecule has 0 N–H and O–H groups in total. The lowest BCUT2D eigenvalue weighted by atomic mass is 10.0. The number of nitrogens with zero attached hydrogens (tertiary/aromatic N) is 3. The van der Waals surface area contributed by atoms with E-state index in [1.54, 1.807) is 6.20 Å². The van der Waals surface area contributed by atoms with Gasteiger partial charge in [0.2, 0.25) is 0 Å². The lowest BCUT2D eigenvalue weighted by Gasteiger charge is -2.37. The second-order valence-electron chi connectivity index (χ2n) is 4.44. The minimum absolute atomic E-state index is 0.671. The van der Waals surface area contributed by atoms with E-state index in [4.69, 9.17) is 0 Å². The molecule has 0 aromatic carbocycles. The minimum atomic E-state index is 0.671. The van der Waals surface area contributed by atoms with Crippen molar-refractivity contribution in [2.45, 2.75) is 42.6 Å². The summed E-state index contributed by atoms with van der Waals surface area (Å²) in [5.41, 5.74) is 0. The number of piperidine rings is 1. The number of aromatic nitrogens is 2. The molecule has 3 rings (SSSR count). The van der Waals surface area contributed by atoms with Crippen LogP contribution in [-0.4, -0.2) is 27.1 Å². The first-order chi connectivity index (χ1) is 7.34. The zero-order valence-electron chi connectivity index (χ0n) is 8.51. The molecule has 2 bridgehead atoms. The van der Waals surface area contributed by atoms with Gasteiger partial charge in [0.25, 0.3) is 0 Å². The Hall–Kier alpha value is -0.640. The molecule has 15 heavy (non-hydrogen) atoms. The highest BCUT2D eigenvalue weighted by atomic mass is 79.9. The highest BCUT2D eigenvalue weighted by molar-refractivity contribution is 9.09. The topological polar surface area (TPSA) is 29.0 Å². The zero-order chi connectivity index (χ0) is 10.3. The summed E-state index contributed by atoms with van der Waals surface area (Å²) in [6.07, 6.45) is 6.84. The van der Waals surface area contributed by atoms with Gasteiger partial charge >= 0.3 is 0 Å². The van der Waals surface area contributed by atoms with Crippen LogP contribution in [0.15, 0.2) is 18.3 Å². The number of hydrogen-bond donors (Lipinski definition) is 0. The SMILES string of the molecule is BrC1CC2CCC(C1)N2c1cccnn1. The van der Waals surface area contributed by atoms with E-state index >= 15 is 0 Å². The Morgan fingerprint density at radius 3 is 2.60 bits per heavy atom. The number of rotatable bonds is 1. The van der Waals surface area contributed by atoms with Gasteiger partial charge in [0.1, 0.15) is 0 Å². The van der Waals surface area contributed by atoms with Crippen LogP contribution < -0.4 is 4.90 Å². The summed E-state index contributed by atoms with van der Waals surface area (Å²) in [4.78, 5) is 3.17. The Bertz CT molecular complexity index is 329. The molecule has 3 heterocycles. The molecule has 2 fully saturated rings. The second-order valence-corrected chi connectivity index (χ2v) is 5.74. The van der Waals surface area contributed by atoms with E-state index in [2.05, 4.69) is 37.1 Å². The number of alkyl halides is 1. The molecule has 0 radical (unpaired) electrons. The lowest BCUT2D eigenvalue weighted by Crippen LogP contribution is -2.43. The Balaban J connectivity index is 1.89. The van der Waals surface area contributed by atoms with Crippen LogP contribution in [0.4, 0.5) is 5.82 Å². The van der Waals surface area contributed by atoms with Gasteiger partial charge in [-0.1, -0.05) is 15.9 Å². The summed E-state index contributed by atoms with van der Waals surface area (Å²) in [7, 11) is 0. The lowest BCUT2D eigenvalue weighted by molar-refractivity contribution is 0.478. The Kier molecular flexibility index (Phi) is 2.39. The van der Waals surface area contributed by atoms with Gasteiger partial charge < -0.3 is 4.90 Å². The third-order valence-corrected chi connectivity index (χ3v) is 4.25. The third-order valence-electron chi connectivity index (χ3n) is 3.50. The quantitative estimate of drug-likeness (QED) is 0.732. The van der Waals surface area contributed by atoms with Gasteiger partial charge in [-0.25, -0.2) is 0 Å². The molecule has 1 aromatic rings. The van der Waals surface area contributed by atoms with Crippen LogP contribution >= 0.6 is 15.9 Å². The molecular weight excluding hydrogens is 254 g/mol. The molecule has 2 atom stereocenters. The molecule has 0 aliphatic carbocycles. The standard InChI is InChI=1S/C11H14BrN3/c12-8-6-9-3-4-10(7-8)15(9)11-2-1-5-13-14-11/h1-2,5,8-10H,3-4,6-7H2. The van der Waals surface area contributed by atoms with Gasteiger partial charge in [-0.3, -0.25) is 0 Å². The monoisotopic (exact) mass is 267 g/mol. The summed E-state index contributed by atoms with van der Waals surface area (Å²) < 4.78 is 0. The maximum Gasteiger partial charge on any atom is 0.151 e. The summed E-state index contributed by atoms with van der Waals surface area (Å²) in [5.74, 6) is 1.06. The predicted molar refractivity (Wildman–Crippen MR) is 63.3 cm³/mol. The molecule has 3 nitrogen and oxygen atoms in total. The minimum Gasteiger partial charge on any atom is -0.349 e. The van der Waals surface area contributed by atoms with Crippen molar-refractivity contribution in [2.75, 3.05) is 4.90 Å². The van der Waals surface area contributed by atoms with Crippen molar-refractivity contribution in [3.05, 3.63) is 18.3 Å². The normalized spacial score (nSPS) is 34.5. The number of hydrogen-bond acceptors (Lipinski definition) is 3. The van der Waals surface area contributed by atoms with E-state index < -0.39 is 0 Å². The van der Waals surface area contributed by atoms with Gasteiger partial charge in [0.05, 0.1) is 0 Å². The molecule has 2 saturated heterocycles. The highest BCUT2D eigenvalue weighted by Gasteiger charge is 2.40. The van der Waals surface area contributed by atoms with Crippen LogP contribution in [0.25, 0.3) is 0 Å². The smallest absolute Gasteiger partial charge is 0.151 e.